The zero-order valence-electron chi connectivity index (χ0n) is 11.9. The molecule has 1 aromatic carbocycles. The first-order valence-corrected chi connectivity index (χ1v) is 7.20. The molecule has 1 N–H and O–H groups in total. The van der Waals surface area contributed by atoms with Crippen LogP contribution in [0.3, 0.4) is 0 Å². The normalized spacial score (nSPS) is 10.4. The van der Waals surface area contributed by atoms with Gasteiger partial charge in [0.25, 0.3) is 5.91 Å². The van der Waals surface area contributed by atoms with E-state index >= 15 is 0 Å². The molecule has 0 unspecified atom stereocenters. The van der Waals surface area contributed by atoms with Crippen molar-refractivity contribution in [1.82, 2.24) is 15.1 Å². The summed E-state index contributed by atoms with van der Waals surface area (Å²) in [5, 5.41) is 7.17. The summed E-state index contributed by atoms with van der Waals surface area (Å²) >= 11 is 0. The van der Waals surface area contributed by atoms with Crippen molar-refractivity contribution in [3.63, 3.8) is 0 Å². The molecule has 1 aromatic heterocycles. The summed E-state index contributed by atoms with van der Waals surface area (Å²) in [7, 11) is 0. The number of nitrogens with one attached hydrogen (secondary N) is 1. The largest absolute Gasteiger partial charge is 0.352 e. The first-order chi connectivity index (χ1) is 9.83. The van der Waals surface area contributed by atoms with E-state index in [-0.39, 0.29) is 5.91 Å². The minimum Gasteiger partial charge on any atom is -0.352 e. The van der Waals surface area contributed by atoms with Gasteiger partial charge in [-0.2, -0.15) is 5.10 Å². The van der Waals surface area contributed by atoms with Gasteiger partial charge in [-0.1, -0.05) is 38.3 Å². The summed E-state index contributed by atoms with van der Waals surface area (Å²) in [4.78, 5) is 12.2. The zero-order valence-corrected chi connectivity index (χ0v) is 11.9. The Kier molecular flexibility index (Phi) is 5.35. The van der Waals surface area contributed by atoms with E-state index in [0.717, 1.165) is 25.1 Å². The third-order valence-electron chi connectivity index (χ3n) is 3.22. The van der Waals surface area contributed by atoms with Crippen LogP contribution in [0, 0.1) is 0 Å². The molecule has 1 amide bonds. The fraction of sp³-hybridized carbons (Fsp3) is 0.375. The molecule has 0 saturated heterocycles. The highest BCUT2D eigenvalue weighted by Crippen LogP contribution is 2.13. The Balaban J connectivity index is 2.00. The number of hydrogen-bond donors (Lipinski definition) is 1. The fourth-order valence-electron chi connectivity index (χ4n) is 2.13. The van der Waals surface area contributed by atoms with E-state index in [2.05, 4.69) is 17.3 Å². The number of rotatable bonds is 7. The molecule has 0 bridgehead atoms. The average molecular weight is 271 g/mol. The molecule has 2 rings (SSSR count). The molecule has 1 heterocycles. The topological polar surface area (TPSA) is 46.9 Å². The van der Waals surface area contributed by atoms with Crippen LogP contribution in [-0.2, 0) is 0 Å². The highest BCUT2D eigenvalue weighted by atomic mass is 16.1. The summed E-state index contributed by atoms with van der Waals surface area (Å²) in [5.41, 5.74) is 1.47. The van der Waals surface area contributed by atoms with Crippen LogP contribution in [0.5, 0.6) is 0 Å². The van der Waals surface area contributed by atoms with Crippen molar-refractivity contribution in [3.05, 3.63) is 48.3 Å². The smallest absolute Gasteiger partial charge is 0.253 e. The quantitative estimate of drug-likeness (QED) is 0.786. The van der Waals surface area contributed by atoms with Crippen molar-refractivity contribution in [1.29, 1.82) is 0 Å². The Bertz CT molecular complexity index is 534. The molecule has 20 heavy (non-hydrogen) atoms. The van der Waals surface area contributed by atoms with Gasteiger partial charge in [-0.15, -0.1) is 0 Å². The van der Waals surface area contributed by atoms with Gasteiger partial charge < -0.3 is 5.32 Å². The van der Waals surface area contributed by atoms with Crippen LogP contribution < -0.4 is 5.32 Å². The van der Waals surface area contributed by atoms with Gasteiger partial charge in [0.1, 0.15) is 0 Å². The molecule has 0 aliphatic rings. The molecule has 0 atom stereocenters. The van der Waals surface area contributed by atoms with Gasteiger partial charge in [0.2, 0.25) is 0 Å². The summed E-state index contributed by atoms with van der Waals surface area (Å²) in [6.45, 7) is 2.91. The lowest BCUT2D eigenvalue weighted by atomic mass is 10.1. The standard InChI is InChI=1S/C16H21N3O/c1-2-3-4-7-11-17-16(20)14-9-5-6-10-15(14)19-13-8-12-18-19/h5-6,8-10,12-13H,2-4,7,11H2,1H3,(H,17,20). The Morgan fingerprint density at radius 2 is 2.05 bits per heavy atom. The molecular weight excluding hydrogens is 250 g/mol. The van der Waals surface area contributed by atoms with Crippen LogP contribution in [0.4, 0.5) is 0 Å². The van der Waals surface area contributed by atoms with Crippen molar-refractivity contribution >= 4 is 5.91 Å². The predicted octanol–water partition coefficient (Wildman–Crippen LogP) is 3.18. The number of nitrogens with zero attached hydrogens (tertiary/aromatic N) is 2. The number of carbonyl (C=O) groups excluding carboxylic acids is 1. The van der Waals surface area contributed by atoms with Crippen LogP contribution >= 0.6 is 0 Å². The molecular formula is C16H21N3O. The average Bonchev–Trinajstić information content (AvgIpc) is 3.01. The lowest BCUT2D eigenvalue weighted by Gasteiger charge is -2.10. The monoisotopic (exact) mass is 271 g/mol. The molecule has 4 heteroatoms. The Morgan fingerprint density at radius 1 is 1.20 bits per heavy atom. The van der Waals surface area contributed by atoms with Crippen molar-refractivity contribution in [2.24, 2.45) is 0 Å². The van der Waals surface area contributed by atoms with Gasteiger partial charge in [0, 0.05) is 18.9 Å². The Hall–Kier alpha value is -2.10. The molecule has 0 aliphatic heterocycles. The maximum Gasteiger partial charge on any atom is 0.253 e. The van der Waals surface area contributed by atoms with E-state index in [1.165, 1.54) is 12.8 Å². The lowest BCUT2D eigenvalue weighted by molar-refractivity contribution is 0.0953. The van der Waals surface area contributed by atoms with Crippen molar-refractivity contribution in [2.75, 3.05) is 6.54 Å². The number of amides is 1. The van der Waals surface area contributed by atoms with Crippen LogP contribution in [0.25, 0.3) is 5.69 Å². The minimum atomic E-state index is -0.0346. The third kappa shape index (κ3) is 3.70. The molecule has 0 fully saturated rings. The van der Waals surface area contributed by atoms with Crippen LogP contribution in [-0.4, -0.2) is 22.2 Å². The third-order valence-corrected chi connectivity index (χ3v) is 3.22. The molecule has 0 radical (unpaired) electrons. The van der Waals surface area contributed by atoms with E-state index in [9.17, 15) is 4.79 Å². The number of unbranched alkanes of at least 4 members (excludes halogenated alkanes) is 3. The van der Waals surface area contributed by atoms with Crippen LogP contribution in [0.2, 0.25) is 0 Å². The Labute approximate surface area is 119 Å². The SMILES string of the molecule is CCCCCCNC(=O)c1ccccc1-n1cccn1. The molecule has 0 aliphatic carbocycles. The first kappa shape index (κ1) is 14.3. The maximum absolute atomic E-state index is 12.2. The minimum absolute atomic E-state index is 0.0346. The molecule has 106 valence electrons. The summed E-state index contributed by atoms with van der Waals surface area (Å²) in [6.07, 6.45) is 8.17. The van der Waals surface area contributed by atoms with Crippen LogP contribution in [0.15, 0.2) is 42.7 Å². The van der Waals surface area contributed by atoms with Crippen molar-refractivity contribution < 1.29 is 4.79 Å². The number of para-hydroxylation sites is 1. The molecule has 2 aromatic rings. The Morgan fingerprint density at radius 3 is 2.80 bits per heavy atom. The second kappa shape index (κ2) is 7.48. The summed E-state index contributed by atoms with van der Waals surface area (Å²) in [6, 6.07) is 9.37. The van der Waals surface area contributed by atoms with Gasteiger partial charge in [-0.05, 0) is 24.6 Å². The first-order valence-electron chi connectivity index (χ1n) is 7.20. The van der Waals surface area contributed by atoms with Crippen molar-refractivity contribution in [2.45, 2.75) is 32.6 Å². The van der Waals surface area contributed by atoms with E-state index < -0.39 is 0 Å². The van der Waals surface area contributed by atoms with Gasteiger partial charge in [-0.25, -0.2) is 4.68 Å². The second-order valence-corrected chi connectivity index (χ2v) is 4.78. The highest BCUT2D eigenvalue weighted by molar-refractivity contribution is 5.97. The van der Waals surface area contributed by atoms with Gasteiger partial charge in [-0.3, -0.25) is 4.79 Å². The molecule has 4 nitrogen and oxygen atoms in total. The highest BCUT2D eigenvalue weighted by Gasteiger charge is 2.11. The van der Waals surface area contributed by atoms with Gasteiger partial charge >= 0.3 is 0 Å². The lowest BCUT2D eigenvalue weighted by Crippen LogP contribution is -2.25. The van der Waals surface area contributed by atoms with E-state index in [1.54, 1.807) is 10.9 Å². The summed E-state index contributed by atoms with van der Waals surface area (Å²) in [5.74, 6) is -0.0346. The number of carbonyl (C=O) groups is 1. The van der Waals surface area contributed by atoms with Crippen LogP contribution in [0.1, 0.15) is 43.0 Å². The molecule has 0 spiro atoms. The number of benzene rings is 1. The fourth-order valence-corrected chi connectivity index (χ4v) is 2.13. The maximum atomic E-state index is 12.2. The van der Waals surface area contributed by atoms with E-state index in [1.807, 2.05) is 36.5 Å². The number of aromatic nitrogens is 2. The second-order valence-electron chi connectivity index (χ2n) is 4.78. The predicted molar refractivity (Wildman–Crippen MR) is 80.0 cm³/mol. The molecule has 0 saturated carbocycles. The summed E-state index contributed by atoms with van der Waals surface area (Å²) < 4.78 is 1.71. The zero-order chi connectivity index (χ0) is 14.2. The van der Waals surface area contributed by atoms with E-state index in [0.29, 0.717) is 5.56 Å². The van der Waals surface area contributed by atoms with Crippen molar-refractivity contribution in [3.8, 4) is 5.69 Å². The van der Waals surface area contributed by atoms with Gasteiger partial charge in [0.15, 0.2) is 0 Å². The van der Waals surface area contributed by atoms with Gasteiger partial charge in [0.05, 0.1) is 11.3 Å². The van der Waals surface area contributed by atoms with E-state index in [4.69, 9.17) is 0 Å². The number of hydrogen-bond acceptors (Lipinski definition) is 2.